The van der Waals surface area contributed by atoms with Gasteiger partial charge in [0.25, 0.3) is 0 Å². The van der Waals surface area contributed by atoms with E-state index in [1.165, 1.54) is 13.8 Å². The summed E-state index contributed by atoms with van der Waals surface area (Å²) in [5.41, 5.74) is 0. The monoisotopic (exact) mass is 312 g/mol. The summed E-state index contributed by atoms with van der Waals surface area (Å²) in [6.45, 7) is 1.89. The van der Waals surface area contributed by atoms with Crippen molar-refractivity contribution in [2.75, 3.05) is 47.6 Å². The van der Waals surface area contributed by atoms with Crippen LogP contribution in [0.2, 0.25) is 0 Å². The Labute approximate surface area is 122 Å². The molecule has 0 bridgehead atoms. The quantitative estimate of drug-likeness (QED) is 0.245. The minimum atomic E-state index is -0.434. The summed E-state index contributed by atoms with van der Waals surface area (Å²) >= 11 is 0. The van der Waals surface area contributed by atoms with Crippen LogP contribution in [0.3, 0.4) is 0 Å². The molecule has 0 rings (SSSR count). The molecule has 0 amide bonds. The molecule has 124 valence electrons. The van der Waals surface area contributed by atoms with Crippen LogP contribution in [0, 0.1) is 0 Å². The van der Waals surface area contributed by atoms with Gasteiger partial charge in [-0.15, -0.1) is 0 Å². The molecular weight excluding hydrogens is 292 g/mol. The normalized spacial score (nSPS) is 10.4. The average Bonchev–Trinajstić information content (AvgIpc) is 2.42. The number of carbonyl (C=O) groups excluding carboxylic acids is 2. The van der Waals surface area contributed by atoms with Crippen LogP contribution in [-0.2, 0) is 47.5 Å². The van der Waals surface area contributed by atoms with Gasteiger partial charge in [-0.3, -0.25) is 9.59 Å². The summed E-state index contributed by atoms with van der Waals surface area (Å²) in [4.78, 5) is 20.7. The molecule has 0 unspecified atom stereocenters. The minimum Gasteiger partial charge on any atom is -0.439 e. The Morgan fingerprint density at radius 1 is 0.524 bits per heavy atom. The molecule has 10 nitrogen and oxygen atoms in total. The molecule has 0 aromatic heterocycles. The summed E-state index contributed by atoms with van der Waals surface area (Å²) in [5.74, 6) is -0.868. The molecule has 0 saturated carbocycles. The van der Waals surface area contributed by atoms with Crippen LogP contribution in [0.5, 0.6) is 0 Å². The lowest BCUT2D eigenvalue weighted by Crippen LogP contribution is -2.12. The van der Waals surface area contributed by atoms with E-state index in [2.05, 4.69) is 9.47 Å². The van der Waals surface area contributed by atoms with Crippen molar-refractivity contribution in [2.24, 2.45) is 0 Å². The molecule has 0 aliphatic carbocycles. The fraction of sp³-hybridized carbons (Fsp3) is 0.818. The van der Waals surface area contributed by atoms with E-state index < -0.39 is 11.9 Å². The lowest BCUT2D eigenvalue weighted by molar-refractivity contribution is -0.220. The smallest absolute Gasteiger partial charge is 0.304 e. The first kappa shape index (κ1) is 19.7. The number of esters is 2. The molecule has 0 aromatic carbocycles. The maximum atomic E-state index is 10.4. The number of ether oxygens (including phenoxy) is 8. The van der Waals surface area contributed by atoms with Gasteiger partial charge in [0.1, 0.15) is 0 Å². The Hall–Kier alpha value is -1.30. The summed E-state index contributed by atoms with van der Waals surface area (Å²) in [6, 6.07) is 0. The summed E-state index contributed by atoms with van der Waals surface area (Å²) in [5, 5.41) is 0. The molecule has 0 atom stereocenters. The lowest BCUT2D eigenvalue weighted by atomic mass is 10.8. The van der Waals surface area contributed by atoms with Crippen molar-refractivity contribution in [1.29, 1.82) is 0 Å². The standard InChI is InChI=1S/C11H20O10/c1-10(12)20-8-18-6-16-4-14-3-15-5-17-7-19-9-21-11(2)13/h3-9H2,1-2H3. The first-order chi connectivity index (χ1) is 10.1. The van der Waals surface area contributed by atoms with Crippen LogP contribution < -0.4 is 0 Å². The van der Waals surface area contributed by atoms with Gasteiger partial charge in [-0.1, -0.05) is 0 Å². The molecule has 0 aliphatic rings. The number of rotatable bonds is 14. The van der Waals surface area contributed by atoms with Crippen molar-refractivity contribution < 1.29 is 47.5 Å². The van der Waals surface area contributed by atoms with Gasteiger partial charge in [0.05, 0.1) is 0 Å². The third-order valence-corrected chi connectivity index (χ3v) is 1.52. The first-order valence-corrected chi connectivity index (χ1v) is 5.86. The van der Waals surface area contributed by atoms with Gasteiger partial charge in [-0.25, -0.2) is 0 Å². The number of hydrogen-bond acceptors (Lipinski definition) is 10. The van der Waals surface area contributed by atoms with Gasteiger partial charge >= 0.3 is 11.9 Å². The van der Waals surface area contributed by atoms with Gasteiger partial charge in [0.15, 0.2) is 47.6 Å². The van der Waals surface area contributed by atoms with Crippen molar-refractivity contribution in [3.63, 3.8) is 0 Å². The summed E-state index contributed by atoms with van der Waals surface area (Å²) < 4.78 is 38.1. The maximum absolute atomic E-state index is 10.4. The number of carbonyl (C=O) groups is 2. The van der Waals surface area contributed by atoms with Crippen LogP contribution in [-0.4, -0.2) is 59.5 Å². The molecule has 0 aromatic rings. The molecule has 0 N–H and O–H groups in total. The highest BCUT2D eigenvalue weighted by Crippen LogP contribution is 1.86. The predicted octanol–water partition coefficient (Wildman–Crippen LogP) is -0.0853. The predicted molar refractivity (Wildman–Crippen MR) is 64.1 cm³/mol. The van der Waals surface area contributed by atoms with Crippen molar-refractivity contribution in [3.8, 4) is 0 Å². The van der Waals surface area contributed by atoms with Crippen LogP contribution in [0.4, 0.5) is 0 Å². The van der Waals surface area contributed by atoms with Gasteiger partial charge < -0.3 is 37.9 Å². The molecule has 0 heterocycles. The van der Waals surface area contributed by atoms with E-state index in [1.54, 1.807) is 0 Å². The van der Waals surface area contributed by atoms with E-state index in [0.717, 1.165) is 0 Å². The molecule has 0 fully saturated rings. The summed E-state index contributed by atoms with van der Waals surface area (Å²) in [7, 11) is 0. The fourth-order valence-electron chi connectivity index (χ4n) is 0.748. The Morgan fingerprint density at radius 2 is 0.762 bits per heavy atom. The highest BCUT2D eigenvalue weighted by atomic mass is 16.8. The average molecular weight is 312 g/mol. The van der Waals surface area contributed by atoms with Crippen molar-refractivity contribution in [1.82, 2.24) is 0 Å². The largest absolute Gasteiger partial charge is 0.439 e. The van der Waals surface area contributed by atoms with E-state index in [0.29, 0.717) is 0 Å². The van der Waals surface area contributed by atoms with Crippen LogP contribution in [0.25, 0.3) is 0 Å². The molecule has 10 heteroatoms. The molecule has 21 heavy (non-hydrogen) atoms. The van der Waals surface area contributed by atoms with E-state index in [4.69, 9.17) is 28.4 Å². The van der Waals surface area contributed by atoms with Crippen molar-refractivity contribution in [3.05, 3.63) is 0 Å². The van der Waals surface area contributed by atoms with Crippen LogP contribution in [0.1, 0.15) is 13.8 Å². The zero-order valence-electron chi connectivity index (χ0n) is 12.0. The highest BCUT2D eigenvalue weighted by Gasteiger charge is 1.94. The number of hydrogen-bond donors (Lipinski definition) is 0. The molecule has 0 spiro atoms. The molecule has 0 saturated heterocycles. The molecule has 0 aliphatic heterocycles. The third kappa shape index (κ3) is 18.7. The highest BCUT2D eigenvalue weighted by molar-refractivity contribution is 5.66. The minimum absolute atomic E-state index is 0.0477. The van der Waals surface area contributed by atoms with E-state index in [1.807, 2.05) is 0 Å². The second kappa shape index (κ2) is 15.1. The zero-order chi connectivity index (χ0) is 15.8. The van der Waals surface area contributed by atoms with Gasteiger partial charge in [0, 0.05) is 13.8 Å². The van der Waals surface area contributed by atoms with Crippen LogP contribution in [0.15, 0.2) is 0 Å². The Balaban J connectivity index is 2.99. The second-order valence-corrected chi connectivity index (χ2v) is 3.32. The first-order valence-electron chi connectivity index (χ1n) is 5.86. The Bertz CT molecular complexity index is 244. The van der Waals surface area contributed by atoms with E-state index in [9.17, 15) is 9.59 Å². The van der Waals surface area contributed by atoms with Gasteiger partial charge in [0.2, 0.25) is 0 Å². The van der Waals surface area contributed by atoms with Crippen molar-refractivity contribution in [2.45, 2.75) is 13.8 Å². The van der Waals surface area contributed by atoms with Gasteiger partial charge in [-0.2, -0.15) is 0 Å². The Morgan fingerprint density at radius 3 is 1.00 bits per heavy atom. The van der Waals surface area contributed by atoms with Crippen molar-refractivity contribution >= 4 is 11.9 Å². The van der Waals surface area contributed by atoms with Crippen LogP contribution >= 0.6 is 0 Å². The second-order valence-electron chi connectivity index (χ2n) is 3.32. The van der Waals surface area contributed by atoms with Gasteiger partial charge in [-0.05, 0) is 0 Å². The summed E-state index contributed by atoms with van der Waals surface area (Å²) in [6.07, 6.45) is 0. The maximum Gasteiger partial charge on any atom is 0.304 e. The topological polar surface area (TPSA) is 108 Å². The molecule has 0 radical (unpaired) electrons. The zero-order valence-corrected chi connectivity index (χ0v) is 12.0. The van der Waals surface area contributed by atoms with E-state index >= 15 is 0 Å². The fourth-order valence-corrected chi connectivity index (χ4v) is 0.748. The molecular formula is C11H20O10. The Kier molecular flexibility index (Phi) is 14.2. The van der Waals surface area contributed by atoms with E-state index in [-0.39, 0.29) is 47.6 Å². The third-order valence-electron chi connectivity index (χ3n) is 1.52. The lowest BCUT2D eigenvalue weighted by Gasteiger charge is -2.08. The SMILES string of the molecule is CC(=O)OCOCOCOCOCOCOCOC(C)=O.